The Hall–Kier alpha value is -1.19. The van der Waals surface area contributed by atoms with Crippen molar-refractivity contribution < 1.29 is 19.0 Å². The van der Waals surface area contributed by atoms with Gasteiger partial charge in [-0.25, -0.2) is 4.79 Å². The molecule has 0 rings (SSSR count). The molecule has 0 spiro atoms. The lowest BCUT2D eigenvalue weighted by Crippen LogP contribution is -2.03. The Kier molecular flexibility index (Phi) is 5.87. The predicted molar refractivity (Wildman–Crippen MR) is 43.4 cm³/mol. The Morgan fingerprint density at radius 2 is 1.75 bits per heavy atom. The summed E-state index contributed by atoms with van der Waals surface area (Å²) in [6.07, 6.45) is 1.17. The van der Waals surface area contributed by atoms with Crippen LogP contribution in [0.25, 0.3) is 0 Å². The largest absolute Gasteiger partial charge is 0.466 e. The molecule has 0 bridgehead atoms. The molecule has 0 amide bonds. The van der Waals surface area contributed by atoms with E-state index in [-0.39, 0.29) is 5.95 Å². The van der Waals surface area contributed by atoms with Crippen LogP contribution in [0.1, 0.15) is 13.8 Å². The van der Waals surface area contributed by atoms with Crippen LogP contribution in [0.3, 0.4) is 0 Å². The van der Waals surface area contributed by atoms with E-state index in [4.69, 9.17) is 9.47 Å². The summed E-state index contributed by atoms with van der Waals surface area (Å²) in [5.74, 6) is -0.279. The SMILES string of the molecule is CCOC(=CC(=O)OC)OCC. The summed E-state index contributed by atoms with van der Waals surface area (Å²) in [6, 6.07) is 0. The number of rotatable bonds is 5. The van der Waals surface area contributed by atoms with Gasteiger partial charge in [-0.15, -0.1) is 0 Å². The Morgan fingerprint density at radius 3 is 2.08 bits per heavy atom. The van der Waals surface area contributed by atoms with Crippen molar-refractivity contribution in [3.63, 3.8) is 0 Å². The van der Waals surface area contributed by atoms with Crippen molar-refractivity contribution in [2.24, 2.45) is 0 Å². The molecule has 0 aromatic carbocycles. The number of hydrogen-bond donors (Lipinski definition) is 0. The van der Waals surface area contributed by atoms with Crippen LogP contribution in [0.4, 0.5) is 0 Å². The zero-order valence-corrected chi connectivity index (χ0v) is 7.62. The van der Waals surface area contributed by atoms with Gasteiger partial charge >= 0.3 is 5.97 Å². The molecule has 0 aliphatic rings. The molecule has 0 saturated carbocycles. The van der Waals surface area contributed by atoms with Gasteiger partial charge in [0.05, 0.1) is 20.3 Å². The van der Waals surface area contributed by atoms with Gasteiger partial charge in [-0.3, -0.25) is 0 Å². The number of methoxy groups -OCH3 is 1. The minimum atomic E-state index is -0.480. The molecule has 0 atom stereocenters. The smallest absolute Gasteiger partial charge is 0.337 e. The number of esters is 1. The highest BCUT2D eigenvalue weighted by molar-refractivity contribution is 5.81. The topological polar surface area (TPSA) is 44.8 Å². The fourth-order valence-corrected chi connectivity index (χ4v) is 0.565. The molecule has 0 fully saturated rings. The van der Waals surface area contributed by atoms with Gasteiger partial charge in [-0.2, -0.15) is 0 Å². The summed E-state index contributed by atoms with van der Waals surface area (Å²) in [7, 11) is 1.30. The fourth-order valence-electron chi connectivity index (χ4n) is 0.565. The van der Waals surface area contributed by atoms with Crippen molar-refractivity contribution in [2.75, 3.05) is 20.3 Å². The molecule has 70 valence electrons. The predicted octanol–water partition coefficient (Wildman–Crippen LogP) is 1.07. The van der Waals surface area contributed by atoms with Crippen LogP contribution in [-0.4, -0.2) is 26.3 Å². The zero-order valence-electron chi connectivity index (χ0n) is 7.62. The zero-order chi connectivity index (χ0) is 9.40. The van der Waals surface area contributed by atoms with Crippen LogP contribution in [0.5, 0.6) is 0 Å². The molecule has 4 heteroatoms. The third kappa shape index (κ3) is 4.60. The van der Waals surface area contributed by atoms with E-state index in [9.17, 15) is 4.79 Å². The first-order chi connectivity index (χ1) is 5.74. The number of carbonyl (C=O) groups is 1. The van der Waals surface area contributed by atoms with Gasteiger partial charge in [0.1, 0.15) is 6.08 Å². The van der Waals surface area contributed by atoms with Gasteiger partial charge in [0.2, 0.25) is 0 Å². The summed E-state index contributed by atoms with van der Waals surface area (Å²) in [5.41, 5.74) is 0. The Labute approximate surface area is 72.1 Å². The highest BCUT2D eigenvalue weighted by atomic mass is 16.7. The van der Waals surface area contributed by atoms with E-state index in [1.54, 1.807) is 0 Å². The standard InChI is InChI=1S/C8H14O4/c1-4-11-8(12-5-2)6-7(9)10-3/h6H,4-5H2,1-3H3. The van der Waals surface area contributed by atoms with Crippen LogP contribution in [0, 0.1) is 0 Å². The molecule has 0 unspecified atom stereocenters. The Balaban J connectivity index is 4.06. The summed E-state index contributed by atoms with van der Waals surface area (Å²) < 4.78 is 14.4. The maximum atomic E-state index is 10.7. The van der Waals surface area contributed by atoms with E-state index >= 15 is 0 Å². The summed E-state index contributed by atoms with van der Waals surface area (Å²) in [6.45, 7) is 4.54. The maximum absolute atomic E-state index is 10.7. The third-order valence-electron chi connectivity index (χ3n) is 1.01. The van der Waals surface area contributed by atoms with Crippen LogP contribution in [0.15, 0.2) is 12.0 Å². The normalized spacial score (nSPS) is 8.58. The molecule has 4 nitrogen and oxygen atoms in total. The molecule has 0 radical (unpaired) electrons. The summed E-state index contributed by atoms with van der Waals surface area (Å²) in [5, 5.41) is 0. The first kappa shape index (κ1) is 10.8. The second-order valence-corrected chi connectivity index (χ2v) is 1.85. The molecule has 0 heterocycles. The van der Waals surface area contributed by atoms with E-state index in [0.717, 1.165) is 0 Å². The van der Waals surface area contributed by atoms with E-state index in [1.807, 2.05) is 13.8 Å². The first-order valence-electron chi connectivity index (χ1n) is 3.79. The number of ether oxygens (including phenoxy) is 3. The van der Waals surface area contributed by atoms with Gasteiger partial charge in [0.25, 0.3) is 5.95 Å². The molecule has 0 aliphatic heterocycles. The highest BCUT2D eigenvalue weighted by Gasteiger charge is 2.01. The fraction of sp³-hybridized carbons (Fsp3) is 0.625. The van der Waals surface area contributed by atoms with Gasteiger partial charge in [-0.05, 0) is 13.8 Å². The summed E-state index contributed by atoms with van der Waals surface area (Å²) >= 11 is 0. The van der Waals surface area contributed by atoms with Crippen molar-refractivity contribution in [3.05, 3.63) is 12.0 Å². The van der Waals surface area contributed by atoms with Gasteiger partial charge in [0, 0.05) is 0 Å². The van der Waals surface area contributed by atoms with E-state index in [2.05, 4.69) is 4.74 Å². The summed E-state index contributed by atoms with van der Waals surface area (Å²) in [4.78, 5) is 10.7. The third-order valence-corrected chi connectivity index (χ3v) is 1.01. The van der Waals surface area contributed by atoms with Crippen molar-refractivity contribution in [2.45, 2.75) is 13.8 Å². The monoisotopic (exact) mass is 174 g/mol. The van der Waals surface area contributed by atoms with Crippen LogP contribution < -0.4 is 0 Å². The lowest BCUT2D eigenvalue weighted by Gasteiger charge is -2.07. The van der Waals surface area contributed by atoms with Crippen molar-refractivity contribution in [1.29, 1.82) is 0 Å². The van der Waals surface area contributed by atoms with E-state index < -0.39 is 5.97 Å². The second kappa shape index (κ2) is 6.52. The molecule has 0 aromatic heterocycles. The minimum Gasteiger partial charge on any atom is -0.466 e. The van der Waals surface area contributed by atoms with E-state index in [1.165, 1.54) is 13.2 Å². The Bertz CT molecular complexity index is 154. The number of carbonyl (C=O) groups excluding carboxylic acids is 1. The quantitative estimate of drug-likeness (QED) is 0.355. The lowest BCUT2D eigenvalue weighted by molar-refractivity contribution is -0.135. The van der Waals surface area contributed by atoms with E-state index in [0.29, 0.717) is 13.2 Å². The first-order valence-corrected chi connectivity index (χ1v) is 3.79. The lowest BCUT2D eigenvalue weighted by atomic mass is 10.6. The van der Waals surface area contributed by atoms with Gasteiger partial charge in [-0.1, -0.05) is 0 Å². The maximum Gasteiger partial charge on any atom is 0.337 e. The van der Waals surface area contributed by atoms with Crippen LogP contribution in [0.2, 0.25) is 0 Å². The molecule has 0 aliphatic carbocycles. The average molecular weight is 174 g/mol. The highest BCUT2D eigenvalue weighted by Crippen LogP contribution is 1.99. The molecular formula is C8H14O4. The van der Waals surface area contributed by atoms with Crippen molar-refractivity contribution in [3.8, 4) is 0 Å². The van der Waals surface area contributed by atoms with Gasteiger partial charge < -0.3 is 14.2 Å². The van der Waals surface area contributed by atoms with Gasteiger partial charge in [0.15, 0.2) is 0 Å². The molecular weight excluding hydrogens is 160 g/mol. The Morgan fingerprint density at radius 1 is 1.25 bits per heavy atom. The average Bonchev–Trinajstić information content (AvgIpc) is 2.05. The van der Waals surface area contributed by atoms with Crippen LogP contribution >= 0.6 is 0 Å². The van der Waals surface area contributed by atoms with Crippen molar-refractivity contribution in [1.82, 2.24) is 0 Å². The van der Waals surface area contributed by atoms with Crippen LogP contribution in [-0.2, 0) is 19.0 Å². The van der Waals surface area contributed by atoms with Crippen molar-refractivity contribution >= 4 is 5.97 Å². The minimum absolute atomic E-state index is 0.201. The second-order valence-electron chi connectivity index (χ2n) is 1.85. The molecule has 0 aromatic rings. The molecule has 0 N–H and O–H groups in total. The molecule has 12 heavy (non-hydrogen) atoms. The number of hydrogen-bond acceptors (Lipinski definition) is 4. The molecule has 0 saturated heterocycles.